The van der Waals surface area contributed by atoms with Gasteiger partial charge in [0.15, 0.2) is 0 Å². The number of benzene rings is 1. The van der Waals surface area contributed by atoms with Crippen LogP contribution in [0.1, 0.15) is 18.4 Å². The summed E-state index contributed by atoms with van der Waals surface area (Å²) in [7, 11) is 0. The standard InChI is InChI=1S/C19H28ClN3O3/c20-16-3-1-15(2-4-16)13-26-14-18(24)11-22-7-9-23(10-8-22)12-19(25)21-17-5-6-17/h1-4,17-18,24H,5-14H2,(H,21,25)/t18-/m0/s1. The number of β-amino-alcohol motifs (C(OH)–C–C–N with tert-alkyl or cyclic N) is 1. The van der Waals surface area contributed by atoms with Crippen molar-refractivity contribution >= 4 is 17.5 Å². The number of ether oxygens (including phenoxy) is 1. The van der Waals surface area contributed by atoms with Gasteiger partial charge >= 0.3 is 0 Å². The molecule has 0 bridgehead atoms. The number of aliphatic hydroxyl groups excluding tert-OH is 1. The van der Waals surface area contributed by atoms with Crippen LogP contribution < -0.4 is 5.32 Å². The van der Waals surface area contributed by atoms with Gasteiger partial charge in [-0.05, 0) is 30.5 Å². The highest BCUT2D eigenvalue weighted by molar-refractivity contribution is 6.30. The minimum atomic E-state index is -0.507. The van der Waals surface area contributed by atoms with Crippen LogP contribution in [0.15, 0.2) is 24.3 Å². The molecule has 1 heterocycles. The zero-order valence-corrected chi connectivity index (χ0v) is 15.8. The van der Waals surface area contributed by atoms with Crippen molar-refractivity contribution < 1.29 is 14.6 Å². The third kappa shape index (κ3) is 6.85. The molecule has 1 aliphatic heterocycles. The fraction of sp³-hybridized carbons (Fsp3) is 0.632. The Hall–Kier alpha value is -1.18. The van der Waals surface area contributed by atoms with Crippen molar-refractivity contribution in [2.75, 3.05) is 45.9 Å². The predicted molar refractivity (Wildman–Crippen MR) is 101 cm³/mol. The molecular weight excluding hydrogens is 354 g/mol. The maximum absolute atomic E-state index is 11.8. The van der Waals surface area contributed by atoms with Crippen LogP contribution in [0.3, 0.4) is 0 Å². The number of piperazine rings is 1. The number of nitrogens with zero attached hydrogens (tertiary/aromatic N) is 2. The van der Waals surface area contributed by atoms with Crippen LogP contribution in [-0.2, 0) is 16.1 Å². The first-order chi connectivity index (χ1) is 12.6. The first-order valence-corrected chi connectivity index (χ1v) is 9.70. The van der Waals surface area contributed by atoms with Crippen LogP contribution in [0.25, 0.3) is 0 Å². The molecule has 1 aromatic rings. The van der Waals surface area contributed by atoms with E-state index in [0.29, 0.717) is 37.4 Å². The van der Waals surface area contributed by atoms with Gasteiger partial charge in [0.1, 0.15) is 0 Å². The average Bonchev–Trinajstić information content (AvgIpc) is 3.42. The van der Waals surface area contributed by atoms with E-state index in [1.165, 1.54) is 0 Å². The second-order valence-corrected chi connectivity index (χ2v) is 7.65. The van der Waals surface area contributed by atoms with Gasteiger partial charge in [0.2, 0.25) is 5.91 Å². The molecule has 0 radical (unpaired) electrons. The summed E-state index contributed by atoms with van der Waals surface area (Å²) in [4.78, 5) is 16.3. The Labute approximate surface area is 160 Å². The summed E-state index contributed by atoms with van der Waals surface area (Å²) in [6.45, 7) is 5.31. The van der Waals surface area contributed by atoms with Crippen molar-refractivity contribution in [3.05, 3.63) is 34.9 Å². The number of rotatable bonds is 9. The Kier molecular flexibility index (Phi) is 7.28. The smallest absolute Gasteiger partial charge is 0.234 e. The summed E-state index contributed by atoms with van der Waals surface area (Å²) < 4.78 is 5.60. The van der Waals surface area contributed by atoms with Gasteiger partial charge in [0.05, 0.1) is 25.9 Å². The van der Waals surface area contributed by atoms with E-state index in [9.17, 15) is 9.90 Å². The molecule has 26 heavy (non-hydrogen) atoms. The molecule has 3 rings (SSSR count). The minimum Gasteiger partial charge on any atom is -0.389 e. The molecule has 2 N–H and O–H groups in total. The van der Waals surface area contributed by atoms with Crippen LogP contribution in [0, 0.1) is 0 Å². The van der Waals surface area contributed by atoms with Crippen molar-refractivity contribution in [2.45, 2.75) is 31.6 Å². The summed E-state index contributed by atoms with van der Waals surface area (Å²) in [5, 5.41) is 13.9. The molecule has 144 valence electrons. The minimum absolute atomic E-state index is 0.136. The molecule has 0 spiro atoms. The van der Waals surface area contributed by atoms with Crippen molar-refractivity contribution in [1.29, 1.82) is 0 Å². The van der Waals surface area contributed by atoms with Crippen molar-refractivity contribution in [1.82, 2.24) is 15.1 Å². The highest BCUT2D eigenvalue weighted by Crippen LogP contribution is 2.18. The lowest BCUT2D eigenvalue weighted by molar-refractivity contribution is -0.122. The third-order valence-corrected chi connectivity index (χ3v) is 4.99. The van der Waals surface area contributed by atoms with Gasteiger partial charge < -0.3 is 15.2 Å². The topological polar surface area (TPSA) is 65.0 Å². The van der Waals surface area contributed by atoms with Crippen LogP contribution in [0.5, 0.6) is 0 Å². The number of carbonyl (C=O) groups is 1. The van der Waals surface area contributed by atoms with Gasteiger partial charge in [0, 0.05) is 43.8 Å². The number of hydrogen-bond donors (Lipinski definition) is 2. The lowest BCUT2D eigenvalue weighted by Gasteiger charge is -2.35. The first-order valence-electron chi connectivity index (χ1n) is 9.33. The predicted octanol–water partition coefficient (Wildman–Crippen LogP) is 1.11. The molecule has 1 amide bonds. The number of carbonyl (C=O) groups excluding carboxylic acids is 1. The van der Waals surface area contributed by atoms with E-state index in [2.05, 4.69) is 15.1 Å². The van der Waals surface area contributed by atoms with Crippen molar-refractivity contribution in [3.63, 3.8) is 0 Å². The number of halogens is 1. The van der Waals surface area contributed by atoms with E-state index in [4.69, 9.17) is 16.3 Å². The van der Waals surface area contributed by atoms with E-state index < -0.39 is 6.10 Å². The molecular formula is C19H28ClN3O3. The molecule has 1 saturated carbocycles. The molecule has 1 atom stereocenters. The number of nitrogens with one attached hydrogen (secondary N) is 1. The number of hydrogen-bond acceptors (Lipinski definition) is 5. The molecule has 6 nitrogen and oxygen atoms in total. The summed E-state index contributed by atoms with van der Waals surface area (Å²) in [5.41, 5.74) is 1.04. The summed E-state index contributed by atoms with van der Waals surface area (Å²) in [6, 6.07) is 7.94. The Bertz CT molecular complexity index is 572. The quantitative estimate of drug-likeness (QED) is 0.671. The molecule has 0 unspecified atom stereocenters. The van der Waals surface area contributed by atoms with Gasteiger partial charge in [0.25, 0.3) is 0 Å². The first kappa shape index (κ1) is 19.6. The fourth-order valence-electron chi connectivity index (χ4n) is 3.08. The fourth-order valence-corrected chi connectivity index (χ4v) is 3.20. The highest BCUT2D eigenvalue weighted by Gasteiger charge is 2.25. The second-order valence-electron chi connectivity index (χ2n) is 7.21. The third-order valence-electron chi connectivity index (χ3n) is 4.74. The average molecular weight is 382 g/mol. The maximum Gasteiger partial charge on any atom is 0.234 e. The maximum atomic E-state index is 11.8. The van der Waals surface area contributed by atoms with Crippen LogP contribution in [0.4, 0.5) is 0 Å². The molecule has 1 aliphatic carbocycles. The van der Waals surface area contributed by atoms with Crippen LogP contribution >= 0.6 is 11.6 Å². The van der Waals surface area contributed by atoms with Gasteiger partial charge in [-0.2, -0.15) is 0 Å². The number of aliphatic hydroxyl groups is 1. The van der Waals surface area contributed by atoms with Crippen LogP contribution in [0.2, 0.25) is 5.02 Å². The van der Waals surface area contributed by atoms with Crippen LogP contribution in [-0.4, -0.2) is 78.8 Å². The Morgan fingerprint density at radius 1 is 1.19 bits per heavy atom. The molecule has 1 saturated heterocycles. The van der Waals surface area contributed by atoms with E-state index in [1.54, 1.807) is 0 Å². The van der Waals surface area contributed by atoms with E-state index in [-0.39, 0.29) is 5.91 Å². The van der Waals surface area contributed by atoms with Crippen molar-refractivity contribution in [3.8, 4) is 0 Å². The monoisotopic (exact) mass is 381 g/mol. The Balaban J connectivity index is 1.27. The van der Waals surface area contributed by atoms with Crippen molar-refractivity contribution in [2.24, 2.45) is 0 Å². The van der Waals surface area contributed by atoms with Gasteiger partial charge in [-0.25, -0.2) is 0 Å². The molecule has 7 heteroatoms. The van der Waals surface area contributed by atoms with Gasteiger partial charge in [-0.15, -0.1) is 0 Å². The lowest BCUT2D eigenvalue weighted by atomic mass is 10.2. The highest BCUT2D eigenvalue weighted by atomic mass is 35.5. The zero-order valence-electron chi connectivity index (χ0n) is 15.1. The normalized spacial score (nSPS) is 20.1. The summed E-state index contributed by atoms with van der Waals surface area (Å²) in [5.74, 6) is 0.136. The Morgan fingerprint density at radius 2 is 1.85 bits per heavy atom. The number of amides is 1. The summed E-state index contributed by atoms with van der Waals surface area (Å²) >= 11 is 5.86. The largest absolute Gasteiger partial charge is 0.389 e. The molecule has 1 aromatic carbocycles. The SMILES string of the molecule is O=C(CN1CCN(C[C@H](O)COCc2ccc(Cl)cc2)CC1)NC1CC1. The Morgan fingerprint density at radius 3 is 2.50 bits per heavy atom. The summed E-state index contributed by atoms with van der Waals surface area (Å²) in [6.07, 6.45) is 1.74. The van der Waals surface area contributed by atoms with E-state index >= 15 is 0 Å². The van der Waals surface area contributed by atoms with E-state index in [1.807, 2.05) is 24.3 Å². The van der Waals surface area contributed by atoms with Gasteiger partial charge in [-0.3, -0.25) is 14.6 Å². The zero-order chi connectivity index (χ0) is 18.4. The molecule has 2 aliphatic rings. The molecule has 0 aromatic heterocycles. The molecule has 2 fully saturated rings. The van der Waals surface area contributed by atoms with E-state index in [0.717, 1.165) is 44.6 Å². The van der Waals surface area contributed by atoms with Gasteiger partial charge in [-0.1, -0.05) is 23.7 Å². The second kappa shape index (κ2) is 9.67. The lowest BCUT2D eigenvalue weighted by Crippen LogP contribution is -2.51.